The van der Waals surface area contributed by atoms with E-state index >= 15 is 0 Å². The SMILES string of the molecule is CC(C)OCC1=CC2(CCN(C(=O)O)CC2)Oc2ccccc21. The molecule has 3 rings (SSSR count). The van der Waals surface area contributed by atoms with Gasteiger partial charge in [0.2, 0.25) is 0 Å². The summed E-state index contributed by atoms with van der Waals surface area (Å²) in [6, 6.07) is 7.98. The third-order valence-electron chi connectivity index (χ3n) is 4.44. The normalized spacial score (nSPS) is 19.3. The number of rotatable bonds is 3. The Morgan fingerprint density at radius 3 is 2.70 bits per heavy atom. The van der Waals surface area contributed by atoms with Gasteiger partial charge in [-0.05, 0) is 31.6 Å². The molecule has 1 amide bonds. The Morgan fingerprint density at radius 1 is 1.35 bits per heavy atom. The van der Waals surface area contributed by atoms with Gasteiger partial charge < -0.3 is 19.5 Å². The molecule has 1 N–H and O–H groups in total. The van der Waals surface area contributed by atoms with Crippen molar-refractivity contribution in [1.29, 1.82) is 0 Å². The maximum atomic E-state index is 11.1. The number of amides is 1. The lowest BCUT2D eigenvalue weighted by molar-refractivity contribution is 0.0378. The quantitative estimate of drug-likeness (QED) is 0.928. The van der Waals surface area contributed by atoms with Gasteiger partial charge >= 0.3 is 6.09 Å². The number of ether oxygens (including phenoxy) is 2. The number of nitrogens with zero attached hydrogens (tertiary/aromatic N) is 1. The van der Waals surface area contributed by atoms with E-state index in [1.54, 1.807) is 0 Å². The van der Waals surface area contributed by atoms with Gasteiger partial charge in [0.1, 0.15) is 11.4 Å². The van der Waals surface area contributed by atoms with Gasteiger partial charge in [-0.25, -0.2) is 4.79 Å². The van der Waals surface area contributed by atoms with Crippen molar-refractivity contribution >= 4 is 11.7 Å². The van der Waals surface area contributed by atoms with Crippen molar-refractivity contribution in [2.45, 2.75) is 38.4 Å². The van der Waals surface area contributed by atoms with Crippen LogP contribution >= 0.6 is 0 Å². The first-order valence-corrected chi connectivity index (χ1v) is 8.09. The van der Waals surface area contributed by atoms with Gasteiger partial charge in [-0.15, -0.1) is 0 Å². The highest BCUT2D eigenvalue weighted by Gasteiger charge is 2.39. The van der Waals surface area contributed by atoms with E-state index in [1.165, 1.54) is 4.90 Å². The topological polar surface area (TPSA) is 59.0 Å². The molecule has 2 aliphatic rings. The van der Waals surface area contributed by atoms with Crippen molar-refractivity contribution in [1.82, 2.24) is 4.90 Å². The number of piperidine rings is 1. The molecule has 0 unspecified atom stereocenters. The van der Waals surface area contributed by atoms with Crippen molar-refractivity contribution in [2.24, 2.45) is 0 Å². The van der Waals surface area contributed by atoms with Crippen LogP contribution in [0.2, 0.25) is 0 Å². The van der Waals surface area contributed by atoms with Gasteiger partial charge in [0, 0.05) is 31.5 Å². The molecule has 23 heavy (non-hydrogen) atoms. The van der Waals surface area contributed by atoms with Gasteiger partial charge in [-0.1, -0.05) is 18.2 Å². The van der Waals surface area contributed by atoms with Crippen LogP contribution < -0.4 is 4.74 Å². The van der Waals surface area contributed by atoms with E-state index in [9.17, 15) is 4.79 Å². The number of hydrogen-bond donors (Lipinski definition) is 1. The van der Waals surface area contributed by atoms with Crippen molar-refractivity contribution in [3.05, 3.63) is 35.9 Å². The van der Waals surface area contributed by atoms with Crippen LogP contribution in [0.25, 0.3) is 5.57 Å². The molecule has 2 aliphatic heterocycles. The Morgan fingerprint density at radius 2 is 2.04 bits per heavy atom. The molecule has 0 aliphatic carbocycles. The third-order valence-corrected chi connectivity index (χ3v) is 4.44. The summed E-state index contributed by atoms with van der Waals surface area (Å²) in [7, 11) is 0. The van der Waals surface area contributed by atoms with Crippen LogP contribution in [0.3, 0.4) is 0 Å². The number of carboxylic acid groups (broad SMARTS) is 1. The molecule has 0 atom stereocenters. The smallest absolute Gasteiger partial charge is 0.407 e. The predicted molar refractivity (Wildman–Crippen MR) is 87.7 cm³/mol. The minimum absolute atomic E-state index is 0.163. The molecule has 124 valence electrons. The summed E-state index contributed by atoms with van der Waals surface area (Å²) >= 11 is 0. The Labute approximate surface area is 136 Å². The molecule has 1 fully saturated rings. The van der Waals surface area contributed by atoms with Crippen molar-refractivity contribution < 1.29 is 19.4 Å². The summed E-state index contributed by atoms with van der Waals surface area (Å²) in [4.78, 5) is 12.6. The average molecular weight is 317 g/mol. The second-order valence-corrected chi connectivity index (χ2v) is 6.46. The first kappa shape index (κ1) is 15.9. The standard InChI is InChI=1S/C18H23NO4/c1-13(2)22-12-14-11-18(7-9-19(10-8-18)17(20)21)23-16-6-4-3-5-15(14)16/h3-6,11,13H,7-10,12H2,1-2H3,(H,20,21). The minimum atomic E-state index is -0.858. The molecular formula is C18H23NO4. The van der Waals surface area contributed by atoms with Crippen LogP contribution in [0.5, 0.6) is 5.75 Å². The fourth-order valence-electron chi connectivity index (χ4n) is 3.16. The molecule has 0 bridgehead atoms. The first-order valence-electron chi connectivity index (χ1n) is 8.09. The maximum Gasteiger partial charge on any atom is 0.407 e. The molecule has 0 radical (unpaired) electrons. The van der Waals surface area contributed by atoms with Crippen molar-refractivity contribution in [2.75, 3.05) is 19.7 Å². The number of carbonyl (C=O) groups is 1. The highest BCUT2D eigenvalue weighted by Crippen LogP contribution is 2.40. The lowest BCUT2D eigenvalue weighted by Crippen LogP contribution is -2.49. The summed E-state index contributed by atoms with van der Waals surface area (Å²) in [6.07, 6.45) is 2.79. The lowest BCUT2D eigenvalue weighted by Gasteiger charge is -2.42. The van der Waals surface area contributed by atoms with Crippen molar-refractivity contribution in [3.63, 3.8) is 0 Å². The zero-order valence-corrected chi connectivity index (χ0v) is 13.6. The molecule has 1 saturated heterocycles. The van der Waals surface area contributed by atoms with E-state index in [-0.39, 0.29) is 6.10 Å². The Hall–Kier alpha value is -2.01. The summed E-state index contributed by atoms with van der Waals surface area (Å²) in [5.74, 6) is 0.862. The van der Waals surface area contributed by atoms with Gasteiger partial charge in [0.15, 0.2) is 0 Å². The monoisotopic (exact) mass is 317 g/mol. The Balaban J connectivity index is 1.86. The second kappa shape index (κ2) is 6.24. The van der Waals surface area contributed by atoms with Crippen LogP contribution in [-0.2, 0) is 4.74 Å². The zero-order chi connectivity index (χ0) is 16.4. The number of benzene rings is 1. The molecule has 1 aromatic rings. The maximum absolute atomic E-state index is 11.1. The molecule has 5 heteroatoms. The number of likely N-dealkylation sites (tertiary alicyclic amines) is 1. The Bertz CT molecular complexity index is 615. The van der Waals surface area contributed by atoms with Gasteiger partial charge in [0.05, 0.1) is 12.7 Å². The minimum Gasteiger partial charge on any atom is -0.482 e. The van der Waals surface area contributed by atoms with E-state index in [0.29, 0.717) is 32.5 Å². The largest absolute Gasteiger partial charge is 0.482 e. The van der Waals surface area contributed by atoms with Crippen LogP contribution in [0.15, 0.2) is 30.3 Å². The number of hydrogen-bond acceptors (Lipinski definition) is 3. The van der Waals surface area contributed by atoms with Gasteiger partial charge in [-0.3, -0.25) is 0 Å². The highest BCUT2D eigenvalue weighted by molar-refractivity contribution is 5.74. The fraction of sp³-hybridized carbons (Fsp3) is 0.500. The van der Waals surface area contributed by atoms with E-state index in [4.69, 9.17) is 14.6 Å². The van der Waals surface area contributed by atoms with E-state index < -0.39 is 11.7 Å². The summed E-state index contributed by atoms with van der Waals surface area (Å²) in [5, 5.41) is 9.13. The number of fused-ring (bicyclic) bond motifs is 1. The van der Waals surface area contributed by atoms with Crippen LogP contribution in [-0.4, -0.2) is 47.5 Å². The van der Waals surface area contributed by atoms with Crippen LogP contribution in [0, 0.1) is 0 Å². The predicted octanol–water partition coefficient (Wildman–Crippen LogP) is 3.40. The Kier molecular flexibility index (Phi) is 4.31. The summed E-state index contributed by atoms with van der Waals surface area (Å²) in [5.41, 5.74) is 1.78. The molecular weight excluding hydrogens is 294 g/mol. The lowest BCUT2D eigenvalue weighted by atomic mass is 9.85. The van der Waals surface area contributed by atoms with Crippen LogP contribution in [0.4, 0.5) is 4.79 Å². The number of para-hydroxylation sites is 1. The molecule has 1 spiro atoms. The molecule has 5 nitrogen and oxygen atoms in total. The third kappa shape index (κ3) is 3.34. The van der Waals surface area contributed by atoms with Crippen LogP contribution in [0.1, 0.15) is 32.3 Å². The fourth-order valence-corrected chi connectivity index (χ4v) is 3.16. The van der Waals surface area contributed by atoms with E-state index in [2.05, 4.69) is 6.08 Å². The summed E-state index contributed by atoms with van der Waals surface area (Å²) < 4.78 is 12.1. The average Bonchev–Trinajstić information content (AvgIpc) is 2.53. The molecule has 0 aromatic heterocycles. The van der Waals surface area contributed by atoms with E-state index in [1.807, 2.05) is 38.1 Å². The molecule has 1 aromatic carbocycles. The van der Waals surface area contributed by atoms with Gasteiger partial charge in [0.25, 0.3) is 0 Å². The first-order chi connectivity index (χ1) is 11.0. The molecule has 0 saturated carbocycles. The molecule has 2 heterocycles. The summed E-state index contributed by atoms with van der Waals surface area (Å²) in [6.45, 7) is 5.57. The van der Waals surface area contributed by atoms with E-state index in [0.717, 1.165) is 16.9 Å². The second-order valence-electron chi connectivity index (χ2n) is 6.46. The van der Waals surface area contributed by atoms with Crippen molar-refractivity contribution in [3.8, 4) is 5.75 Å². The zero-order valence-electron chi connectivity index (χ0n) is 13.6. The highest BCUT2D eigenvalue weighted by atomic mass is 16.5. The van der Waals surface area contributed by atoms with Gasteiger partial charge in [-0.2, -0.15) is 0 Å².